The lowest BCUT2D eigenvalue weighted by Crippen LogP contribution is -2.51. The summed E-state index contributed by atoms with van der Waals surface area (Å²) in [5.41, 5.74) is 0.807. The van der Waals surface area contributed by atoms with Crippen LogP contribution in [0, 0.1) is 12.8 Å². The van der Waals surface area contributed by atoms with E-state index < -0.39 is 36.3 Å². The summed E-state index contributed by atoms with van der Waals surface area (Å²) in [6.45, 7) is 2.69. The molecule has 3 rings (SSSR count). The highest BCUT2D eigenvalue weighted by atomic mass is 19.3. The molecule has 1 atom stereocenters. The predicted molar refractivity (Wildman–Crippen MR) is 124 cm³/mol. The van der Waals surface area contributed by atoms with Crippen LogP contribution in [0.15, 0.2) is 63.1 Å². The quantitative estimate of drug-likeness (QED) is 0.466. The van der Waals surface area contributed by atoms with Crippen LogP contribution in [0.5, 0.6) is 5.75 Å². The SMILES string of the molecule is COC(=O)[C@@H](C)Cn1c(=O)[nH]/c(=N\c2ccc(OCC(F)F)cc2)n(Cc2ccc(C)cc2)c1=O. The largest absolute Gasteiger partial charge is 0.488 e. The second kappa shape index (κ2) is 11.4. The third-order valence-corrected chi connectivity index (χ3v) is 5.15. The fraction of sp³-hybridized carbons (Fsp3) is 0.333. The van der Waals surface area contributed by atoms with Crippen LogP contribution in [0.1, 0.15) is 18.1 Å². The van der Waals surface area contributed by atoms with E-state index in [1.807, 2.05) is 31.2 Å². The first-order valence-electron chi connectivity index (χ1n) is 10.8. The third-order valence-electron chi connectivity index (χ3n) is 5.15. The van der Waals surface area contributed by atoms with Crippen LogP contribution < -0.4 is 21.7 Å². The Balaban J connectivity index is 2.07. The number of H-pyrrole nitrogens is 1. The summed E-state index contributed by atoms with van der Waals surface area (Å²) in [5, 5.41) is 0. The first kappa shape index (κ1) is 25.6. The van der Waals surface area contributed by atoms with E-state index in [2.05, 4.69) is 9.98 Å². The summed E-state index contributed by atoms with van der Waals surface area (Å²) < 4.78 is 36.6. The molecule has 1 N–H and O–H groups in total. The molecule has 1 aromatic heterocycles. The molecule has 1 heterocycles. The number of rotatable bonds is 9. The van der Waals surface area contributed by atoms with Gasteiger partial charge in [0, 0.05) is 6.54 Å². The molecule has 0 bridgehead atoms. The van der Waals surface area contributed by atoms with Crippen molar-refractivity contribution in [2.24, 2.45) is 10.9 Å². The molecule has 2 aromatic carbocycles. The molecule has 186 valence electrons. The highest BCUT2D eigenvalue weighted by molar-refractivity contribution is 5.71. The van der Waals surface area contributed by atoms with Gasteiger partial charge < -0.3 is 9.47 Å². The maximum absolute atomic E-state index is 13.3. The molecular weight excluding hydrogens is 462 g/mol. The number of hydrogen-bond donors (Lipinski definition) is 1. The Kier molecular flexibility index (Phi) is 8.34. The van der Waals surface area contributed by atoms with Crippen LogP contribution in [0.4, 0.5) is 14.5 Å². The molecule has 9 nitrogen and oxygen atoms in total. The summed E-state index contributed by atoms with van der Waals surface area (Å²) in [7, 11) is 1.23. The number of esters is 1. The van der Waals surface area contributed by atoms with E-state index in [9.17, 15) is 23.2 Å². The Morgan fingerprint density at radius 1 is 1.06 bits per heavy atom. The van der Waals surface area contributed by atoms with Crippen LogP contribution in [0.2, 0.25) is 0 Å². The zero-order chi connectivity index (χ0) is 25.5. The fourth-order valence-corrected chi connectivity index (χ4v) is 3.27. The van der Waals surface area contributed by atoms with Crippen molar-refractivity contribution in [2.75, 3.05) is 13.7 Å². The molecule has 0 aliphatic carbocycles. The summed E-state index contributed by atoms with van der Waals surface area (Å²) in [6, 6.07) is 13.5. The Morgan fingerprint density at radius 3 is 2.31 bits per heavy atom. The normalized spacial score (nSPS) is 12.6. The number of methoxy groups -OCH3 is 1. The van der Waals surface area contributed by atoms with Crippen molar-refractivity contribution < 1.29 is 23.0 Å². The zero-order valence-electron chi connectivity index (χ0n) is 19.5. The second-order valence-corrected chi connectivity index (χ2v) is 7.95. The van der Waals surface area contributed by atoms with Gasteiger partial charge in [0.1, 0.15) is 12.4 Å². The maximum atomic E-state index is 13.3. The van der Waals surface area contributed by atoms with Gasteiger partial charge in [0.2, 0.25) is 5.62 Å². The van der Waals surface area contributed by atoms with Gasteiger partial charge in [-0.05, 0) is 36.8 Å². The minimum Gasteiger partial charge on any atom is -0.488 e. The molecule has 0 amide bonds. The lowest BCUT2D eigenvalue weighted by Gasteiger charge is -2.14. The number of benzene rings is 2. The number of carbonyl (C=O) groups excluding carboxylic acids is 1. The van der Waals surface area contributed by atoms with E-state index in [1.54, 1.807) is 6.92 Å². The van der Waals surface area contributed by atoms with Crippen LogP contribution >= 0.6 is 0 Å². The summed E-state index contributed by atoms with van der Waals surface area (Å²) in [4.78, 5) is 44.9. The van der Waals surface area contributed by atoms with Gasteiger partial charge >= 0.3 is 17.3 Å². The van der Waals surface area contributed by atoms with Crippen molar-refractivity contribution in [3.05, 3.63) is 86.2 Å². The van der Waals surface area contributed by atoms with E-state index in [1.165, 1.54) is 35.9 Å². The molecule has 0 fully saturated rings. The fourth-order valence-electron chi connectivity index (χ4n) is 3.27. The van der Waals surface area contributed by atoms with E-state index in [0.29, 0.717) is 5.69 Å². The van der Waals surface area contributed by atoms with Crippen molar-refractivity contribution >= 4 is 11.7 Å². The predicted octanol–water partition coefficient (Wildman–Crippen LogP) is 2.38. The van der Waals surface area contributed by atoms with E-state index in [4.69, 9.17) is 9.47 Å². The van der Waals surface area contributed by atoms with Crippen molar-refractivity contribution in [2.45, 2.75) is 33.4 Å². The van der Waals surface area contributed by atoms with E-state index >= 15 is 0 Å². The Bertz CT molecular complexity index is 1340. The van der Waals surface area contributed by atoms with Gasteiger partial charge in [-0.2, -0.15) is 0 Å². The highest BCUT2D eigenvalue weighted by Gasteiger charge is 2.18. The number of aromatic nitrogens is 3. The number of ether oxygens (including phenoxy) is 2. The Morgan fingerprint density at radius 2 is 1.71 bits per heavy atom. The van der Waals surface area contributed by atoms with Gasteiger partial charge in [-0.25, -0.2) is 27.9 Å². The number of aromatic amines is 1. The van der Waals surface area contributed by atoms with Gasteiger partial charge in [0.05, 0.1) is 25.3 Å². The molecule has 0 radical (unpaired) electrons. The molecule has 0 unspecified atom stereocenters. The van der Waals surface area contributed by atoms with Crippen molar-refractivity contribution in [1.29, 1.82) is 0 Å². The highest BCUT2D eigenvalue weighted by Crippen LogP contribution is 2.18. The number of nitrogens with one attached hydrogen (secondary N) is 1. The van der Waals surface area contributed by atoms with Crippen LogP contribution in [0.25, 0.3) is 0 Å². The number of hydrogen-bond acceptors (Lipinski definition) is 6. The topological polar surface area (TPSA) is 108 Å². The number of halogens is 2. The number of alkyl halides is 2. The molecule has 0 aliphatic rings. The minimum absolute atomic E-state index is 0.0104. The average Bonchev–Trinajstić information content (AvgIpc) is 2.84. The lowest BCUT2D eigenvalue weighted by molar-refractivity contribution is -0.145. The van der Waals surface area contributed by atoms with E-state index in [0.717, 1.165) is 15.7 Å². The van der Waals surface area contributed by atoms with Crippen LogP contribution in [-0.4, -0.2) is 40.2 Å². The first-order valence-corrected chi connectivity index (χ1v) is 10.8. The molecule has 0 saturated heterocycles. The average molecular weight is 488 g/mol. The van der Waals surface area contributed by atoms with Gasteiger partial charge in [0.15, 0.2) is 0 Å². The van der Waals surface area contributed by atoms with Gasteiger partial charge in [-0.15, -0.1) is 0 Å². The molecule has 11 heteroatoms. The van der Waals surface area contributed by atoms with E-state index in [-0.39, 0.29) is 24.5 Å². The molecule has 0 saturated carbocycles. The van der Waals surface area contributed by atoms with Gasteiger partial charge in [0.25, 0.3) is 6.43 Å². The Hall–Kier alpha value is -4.02. The molecule has 0 aliphatic heterocycles. The summed E-state index contributed by atoms with van der Waals surface area (Å²) in [6.07, 6.45) is -2.60. The van der Waals surface area contributed by atoms with Crippen molar-refractivity contribution in [3.63, 3.8) is 0 Å². The Labute approximate surface area is 199 Å². The number of nitrogens with zero attached hydrogens (tertiary/aromatic N) is 3. The zero-order valence-corrected chi connectivity index (χ0v) is 19.5. The van der Waals surface area contributed by atoms with Gasteiger partial charge in [-0.3, -0.25) is 14.3 Å². The maximum Gasteiger partial charge on any atom is 0.335 e. The molecule has 0 spiro atoms. The monoisotopic (exact) mass is 488 g/mol. The van der Waals surface area contributed by atoms with Crippen molar-refractivity contribution in [3.8, 4) is 5.75 Å². The van der Waals surface area contributed by atoms with Crippen molar-refractivity contribution in [1.82, 2.24) is 14.1 Å². The molecular formula is C24H26F2N4O5. The first-order chi connectivity index (χ1) is 16.7. The second-order valence-electron chi connectivity index (χ2n) is 7.95. The molecule has 35 heavy (non-hydrogen) atoms. The molecule has 3 aromatic rings. The summed E-state index contributed by atoms with van der Waals surface area (Å²) >= 11 is 0. The smallest absolute Gasteiger partial charge is 0.335 e. The van der Waals surface area contributed by atoms with Crippen LogP contribution in [0.3, 0.4) is 0 Å². The number of carbonyl (C=O) groups is 1. The minimum atomic E-state index is -2.60. The summed E-state index contributed by atoms with van der Waals surface area (Å²) in [5.74, 6) is -1.04. The lowest BCUT2D eigenvalue weighted by atomic mass is 10.1. The standard InChI is InChI=1S/C24H26F2N4O5/c1-15-4-6-17(7-5-15)13-29-22(27-18-8-10-19(11-9-18)35-14-20(25)26)28-23(32)30(24(29)33)12-16(2)21(31)34-3/h4-11,16,20H,12-14H2,1-3H3,(H,27,28,32)/t16-/m0/s1. The van der Waals surface area contributed by atoms with Gasteiger partial charge in [-0.1, -0.05) is 36.8 Å². The van der Waals surface area contributed by atoms with Crippen LogP contribution in [-0.2, 0) is 22.6 Å². The third kappa shape index (κ3) is 6.75. The number of aryl methyl sites for hydroxylation is 1.